The molecule has 0 aliphatic heterocycles. The number of nitrogens with two attached hydrogens (primary N) is 1. The van der Waals surface area contributed by atoms with Crippen molar-refractivity contribution in [3.05, 3.63) is 58.4 Å². The molecule has 100 valence electrons. The van der Waals surface area contributed by atoms with Crippen LogP contribution in [0, 0.1) is 6.92 Å². The lowest BCUT2D eigenvalue weighted by Crippen LogP contribution is -2.29. The molecule has 0 saturated carbocycles. The average Bonchev–Trinajstić information content (AvgIpc) is 2.40. The minimum Gasteiger partial charge on any atom is -0.496 e. The van der Waals surface area contributed by atoms with E-state index in [9.17, 15) is 0 Å². The van der Waals surface area contributed by atoms with E-state index in [1.165, 1.54) is 0 Å². The largest absolute Gasteiger partial charge is 0.496 e. The second kappa shape index (κ2) is 6.02. The van der Waals surface area contributed by atoms with E-state index >= 15 is 0 Å². The fraction of sp³-hybridized carbons (Fsp3) is 0.214. The van der Waals surface area contributed by atoms with Gasteiger partial charge in [-0.1, -0.05) is 17.7 Å². The zero-order chi connectivity index (χ0) is 13.8. The molecular formula is C14H16ClN3O. The summed E-state index contributed by atoms with van der Waals surface area (Å²) in [6.45, 7) is 1.99. The predicted octanol–water partition coefficient (Wildman–Crippen LogP) is 2.60. The highest BCUT2D eigenvalue weighted by Crippen LogP contribution is 2.31. The van der Waals surface area contributed by atoms with Crippen molar-refractivity contribution >= 4 is 11.6 Å². The van der Waals surface area contributed by atoms with Gasteiger partial charge in [0.2, 0.25) is 0 Å². The number of halogens is 1. The molecule has 2 rings (SSSR count). The van der Waals surface area contributed by atoms with Gasteiger partial charge in [-0.3, -0.25) is 10.8 Å². The molecule has 2 aromatic rings. The first-order valence-electron chi connectivity index (χ1n) is 5.87. The topological polar surface area (TPSA) is 60.2 Å². The lowest BCUT2D eigenvalue weighted by atomic mass is 9.99. The van der Waals surface area contributed by atoms with Crippen LogP contribution in [0.3, 0.4) is 0 Å². The third kappa shape index (κ3) is 3.04. The fourth-order valence-electron chi connectivity index (χ4n) is 2.03. The van der Waals surface area contributed by atoms with E-state index in [-0.39, 0.29) is 6.04 Å². The summed E-state index contributed by atoms with van der Waals surface area (Å²) in [6, 6.07) is 7.25. The Bertz CT molecular complexity index is 574. The molecule has 1 unspecified atom stereocenters. The average molecular weight is 278 g/mol. The number of ether oxygens (including phenoxy) is 1. The first-order valence-corrected chi connectivity index (χ1v) is 6.24. The number of aryl methyl sites for hydroxylation is 1. The van der Waals surface area contributed by atoms with Crippen LogP contribution in [-0.4, -0.2) is 12.1 Å². The molecule has 3 N–H and O–H groups in total. The van der Waals surface area contributed by atoms with E-state index in [4.69, 9.17) is 22.2 Å². The van der Waals surface area contributed by atoms with Crippen molar-refractivity contribution < 1.29 is 4.74 Å². The van der Waals surface area contributed by atoms with E-state index < -0.39 is 0 Å². The van der Waals surface area contributed by atoms with Crippen LogP contribution in [0.5, 0.6) is 5.75 Å². The third-order valence-electron chi connectivity index (χ3n) is 2.90. The van der Waals surface area contributed by atoms with Crippen molar-refractivity contribution in [3.63, 3.8) is 0 Å². The lowest BCUT2D eigenvalue weighted by Gasteiger charge is -2.19. The highest BCUT2D eigenvalue weighted by atomic mass is 35.5. The van der Waals surface area contributed by atoms with Crippen LogP contribution in [0.15, 0.2) is 36.7 Å². The highest BCUT2D eigenvalue weighted by Gasteiger charge is 2.18. The minimum absolute atomic E-state index is 0.221. The number of benzene rings is 1. The van der Waals surface area contributed by atoms with Crippen molar-refractivity contribution in [1.29, 1.82) is 0 Å². The van der Waals surface area contributed by atoms with Crippen LogP contribution >= 0.6 is 11.6 Å². The van der Waals surface area contributed by atoms with Crippen LogP contribution in [0.1, 0.15) is 22.7 Å². The first kappa shape index (κ1) is 13.8. The maximum atomic E-state index is 6.05. The molecule has 1 atom stereocenters. The van der Waals surface area contributed by atoms with E-state index in [1.807, 2.05) is 25.1 Å². The Hall–Kier alpha value is -1.62. The summed E-state index contributed by atoms with van der Waals surface area (Å²) in [5, 5.41) is 0.636. The number of methoxy groups -OCH3 is 1. The Kier molecular flexibility index (Phi) is 4.37. The zero-order valence-corrected chi connectivity index (χ0v) is 11.6. The zero-order valence-electron chi connectivity index (χ0n) is 10.9. The van der Waals surface area contributed by atoms with Gasteiger partial charge in [-0.25, -0.2) is 5.43 Å². The maximum absolute atomic E-state index is 6.05. The summed E-state index contributed by atoms with van der Waals surface area (Å²) in [5.74, 6) is 6.41. The van der Waals surface area contributed by atoms with Gasteiger partial charge in [0.1, 0.15) is 5.75 Å². The molecule has 19 heavy (non-hydrogen) atoms. The molecule has 0 fully saturated rings. The third-order valence-corrected chi connectivity index (χ3v) is 3.13. The minimum atomic E-state index is -0.221. The molecule has 0 bridgehead atoms. The van der Waals surface area contributed by atoms with E-state index in [0.717, 1.165) is 22.4 Å². The van der Waals surface area contributed by atoms with E-state index in [0.29, 0.717) is 5.02 Å². The summed E-state index contributed by atoms with van der Waals surface area (Å²) in [5.41, 5.74) is 5.69. The van der Waals surface area contributed by atoms with Gasteiger partial charge in [0.15, 0.2) is 0 Å². The molecular weight excluding hydrogens is 262 g/mol. The second-order valence-electron chi connectivity index (χ2n) is 4.28. The molecule has 0 spiro atoms. The van der Waals surface area contributed by atoms with Gasteiger partial charge in [-0.2, -0.15) is 0 Å². The summed E-state index contributed by atoms with van der Waals surface area (Å²) in [4.78, 5) is 4.19. The SMILES string of the molecule is COc1ccc(Cl)cc1C(NN)c1cncc(C)c1. The molecule has 0 aliphatic rings. The van der Waals surface area contributed by atoms with Crippen LogP contribution in [0.4, 0.5) is 0 Å². The van der Waals surface area contributed by atoms with Crippen molar-refractivity contribution in [2.45, 2.75) is 13.0 Å². The quantitative estimate of drug-likeness (QED) is 0.666. The van der Waals surface area contributed by atoms with Crippen molar-refractivity contribution in [3.8, 4) is 5.75 Å². The predicted molar refractivity (Wildman–Crippen MR) is 76.1 cm³/mol. The van der Waals surface area contributed by atoms with Gasteiger partial charge in [0.25, 0.3) is 0 Å². The molecule has 4 nitrogen and oxygen atoms in total. The van der Waals surface area contributed by atoms with Crippen molar-refractivity contribution in [2.24, 2.45) is 5.84 Å². The Morgan fingerprint density at radius 2 is 2.11 bits per heavy atom. The smallest absolute Gasteiger partial charge is 0.124 e. The molecule has 0 radical (unpaired) electrons. The summed E-state index contributed by atoms with van der Waals surface area (Å²) in [7, 11) is 1.62. The lowest BCUT2D eigenvalue weighted by molar-refractivity contribution is 0.404. The molecule has 0 aliphatic carbocycles. The number of hydrogen-bond donors (Lipinski definition) is 2. The molecule has 1 aromatic carbocycles. The van der Waals surface area contributed by atoms with Crippen molar-refractivity contribution in [1.82, 2.24) is 10.4 Å². The van der Waals surface area contributed by atoms with Crippen LogP contribution in [-0.2, 0) is 0 Å². The van der Waals surface area contributed by atoms with E-state index in [2.05, 4.69) is 10.4 Å². The molecule has 1 heterocycles. The normalized spacial score (nSPS) is 12.2. The number of hydrogen-bond acceptors (Lipinski definition) is 4. The number of pyridine rings is 1. The van der Waals surface area contributed by atoms with Gasteiger partial charge in [-0.15, -0.1) is 0 Å². The standard InChI is InChI=1S/C14H16ClN3O/c1-9-5-10(8-17-7-9)14(18-16)12-6-11(15)3-4-13(12)19-2/h3-8,14,18H,16H2,1-2H3. The van der Waals surface area contributed by atoms with E-state index in [1.54, 1.807) is 25.6 Å². The number of hydrazine groups is 1. The molecule has 1 aromatic heterocycles. The Morgan fingerprint density at radius 1 is 1.32 bits per heavy atom. The summed E-state index contributed by atoms with van der Waals surface area (Å²) < 4.78 is 5.36. The first-order chi connectivity index (χ1) is 9.15. The number of aromatic nitrogens is 1. The number of nitrogens with zero attached hydrogens (tertiary/aromatic N) is 1. The number of rotatable bonds is 4. The Balaban J connectivity index is 2.50. The van der Waals surface area contributed by atoms with Gasteiger partial charge in [0, 0.05) is 23.0 Å². The monoisotopic (exact) mass is 277 g/mol. The Labute approximate surface area is 117 Å². The van der Waals surface area contributed by atoms with Gasteiger partial charge in [0.05, 0.1) is 13.2 Å². The van der Waals surface area contributed by atoms with Crippen LogP contribution in [0.25, 0.3) is 0 Å². The molecule has 0 amide bonds. The van der Waals surface area contributed by atoms with Gasteiger partial charge in [-0.05, 0) is 36.2 Å². The highest BCUT2D eigenvalue weighted by molar-refractivity contribution is 6.30. The fourth-order valence-corrected chi connectivity index (χ4v) is 2.21. The van der Waals surface area contributed by atoms with Gasteiger partial charge < -0.3 is 4.74 Å². The summed E-state index contributed by atoms with van der Waals surface area (Å²) in [6.07, 6.45) is 3.57. The van der Waals surface area contributed by atoms with Gasteiger partial charge >= 0.3 is 0 Å². The van der Waals surface area contributed by atoms with Crippen LogP contribution < -0.4 is 16.0 Å². The van der Waals surface area contributed by atoms with Crippen molar-refractivity contribution in [2.75, 3.05) is 7.11 Å². The molecule has 0 saturated heterocycles. The second-order valence-corrected chi connectivity index (χ2v) is 4.72. The Morgan fingerprint density at radius 3 is 2.74 bits per heavy atom. The van der Waals surface area contributed by atoms with Crippen LogP contribution in [0.2, 0.25) is 5.02 Å². The maximum Gasteiger partial charge on any atom is 0.124 e. The summed E-state index contributed by atoms with van der Waals surface area (Å²) >= 11 is 6.05. The molecule has 5 heteroatoms. The number of nitrogens with one attached hydrogen (secondary N) is 1.